The Kier molecular flexibility index (Phi) is 7.56. The van der Waals surface area contributed by atoms with E-state index in [1.807, 2.05) is 0 Å². The number of hydrogen-bond donors (Lipinski definition) is 0. The lowest BCUT2D eigenvalue weighted by molar-refractivity contribution is -0.142. The molecule has 250 valence electrons. The third-order valence-electron chi connectivity index (χ3n) is 8.21. The largest absolute Gasteiger partial charge is 0.458 e. The van der Waals surface area contributed by atoms with Crippen LogP contribution in [0.4, 0.5) is 0 Å². The molecule has 6 aromatic rings. The summed E-state index contributed by atoms with van der Waals surface area (Å²) < 4.78 is 50.1. The predicted octanol–water partition coefficient (Wildman–Crippen LogP) is 5.97. The van der Waals surface area contributed by atoms with Gasteiger partial charge in [-0.2, -0.15) is 0 Å². The lowest BCUT2D eigenvalue weighted by Gasteiger charge is -2.33. The van der Waals surface area contributed by atoms with Crippen molar-refractivity contribution >= 4 is 19.6 Å². The van der Waals surface area contributed by atoms with Gasteiger partial charge in [0, 0.05) is 0 Å². The zero-order valence-corrected chi connectivity index (χ0v) is 28.2. The minimum Gasteiger partial charge on any atom is -0.458 e. The van der Waals surface area contributed by atoms with E-state index in [4.69, 9.17) is 40.7 Å². The summed E-state index contributed by atoms with van der Waals surface area (Å²) in [6, 6.07) is 0. The Morgan fingerprint density at radius 2 is 1.17 bits per heavy atom. The summed E-state index contributed by atoms with van der Waals surface area (Å²) in [6.07, 6.45) is 7.83. The number of carbonyl (C=O) groups is 1. The minimum absolute atomic E-state index is 0.0147. The lowest BCUT2D eigenvalue weighted by Crippen LogP contribution is -2.50. The van der Waals surface area contributed by atoms with Crippen molar-refractivity contribution in [1.29, 1.82) is 0 Å². The Hall–Kier alpha value is -5.13. The molecule has 0 aromatic carbocycles. The first kappa shape index (κ1) is 31.5. The molecule has 0 bridgehead atoms. The molecular formula is C31H32N6O10Si. The third kappa shape index (κ3) is 6.02. The molecule has 0 amide bonds. The average molecular weight is 677 g/mol. The number of ether oxygens (including phenoxy) is 3. The molecule has 1 saturated heterocycles. The molecular weight excluding hydrogens is 644 g/mol. The molecule has 6 aromatic heterocycles. The molecule has 1 atom stereocenters. The lowest BCUT2D eigenvalue weighted by atomic mass is 10.2. The van der Waals surface area contributed by atoms with Gasteiger partial charge >= 0.3 is 5.97 Å². The monoisotopic (exact) mass is 676 g/mol. The zero-order valence-electron chi connectivity index (χ0n) is 27.2. The highest BCUT2D eigenvalue weighted by molar-refractivity contribution is 6.90. The topological polar surface area (TPSA) is 201 Å². The molecule has 0 radical (unpaired) electrons. The van der Waals surface area contributed by atoms with E-state index in [0.717, 1.165) is 5.51 Å². The second-order valence-corrected chi connectivity index (χ2v) is 18.3. The first-order chi connectivity index (χ1) is 22.8. The van der Waals surface area contributed by atoms with Gasteiger partial charge < -0.3 is 40.7 Å². The van der Waals surface area contributed by atoms with Crippen molar-refractivity contribution < 1.29 is 45.5 Å². The number of oxazole rings is 6. The van der Waals surface area contributed by atoms with E-state index in [1.165, 1.54) is 31.3 Å². The molecule has 0 spiro atoms. The van der Waals surface area contributed by atoms with E-state index in [-0.39, 0.29) is 64.3 Å². The Balaban J connectivity index is 1.00. The molecule has 0 N–H and O–H groups in total. The first-order valence-electron chi connectivity index (χ1n) is 15.0. The molecule has 1 aliphatic rings. The third-order valence-corrected chi connectivity index (χ3v) is 13.3. The van der Waals surface area contributed by atoms with E-state index >= 15 is 0 Å². The van der Waals surface area contributed by atoms with Crippen molar-refractivity contribution in [3.8, 4) is 57.9 Å². The van der Waals surface area contributed by atoms with E-state index in [0.29, 0.717) is 23.7 Å². The van der Waals surface area contributed by atoms with Crippen molar-refractivity contribution in [1.82, 2.24) is 29.9 Å². The van der Waals surface area contributed by atoms with Crippen LogP contribution in [0.5, 0.6) is 0 Å². The van der Waals surface area contributed by atoms with E-state index < -0.39 is 19.8 Å². The molecule has 17 heteroatoms. The van der Waals surface area contributed by atoms with Crippen molar-refractivity contribution in [2.75, 3.05) is 13.2 Å². The molecule has 1 unspecified atom stereocenters. The highest BCUT2D eigenvalue weighted by Crippen LogP contribution is 2.36. The Bertz CT molecular complexity index is 2070. The molecule has 48 heavy (non-hydrogen) atoms. The van der Waals surface area contributed by atoms with Crippen LogP contribution in [0.15, 0.2) is 64.1 Å². The van der Waals surface area contributed by atoms with Gasteiger partial charge in [-0.1, -0.05) is 33.9 Å². The van der Waals surface area contributed by atoms with E-state index in [9.17, 15) is 4.79 Å². The van der Waals surface area contributed by atoms with Gasteiger partial charge in [-0.3, -0.25) is 0 Å². The second kappa shape index (κ2) is 11.5. The Labute approximate surface area is 273 Å². The first-order valence-corrected chi connectivity index (χ1v) is 18.0. The van der Waals surface area contributed by atoms with Gasteiger partial charge in [0.1, 0.15) is 50.3 Å². The summed E-state index contributed by atoms with van der Waals surface area (Å²) in [4.78, 5) is 39.0. The maximum atomic E-state index is 12.5. The van der Waals surface area contributed by atoms with Crippen LogP contribution in [0.1, 0.15) is 45.1 Å². The number of hydrogen-bond acceptors (Lipinski definition) is 16. The van der Waals surface area contributed by atoms with Gasteiger partial charge in [0.15, 0.2) is 53.5 Å². The van der Waals surface area contributed by atoms with Gasteiger partial charge in [0.2, 0.25) is 29.5 Å². The Morgan fingerprint density at radius 1 is 0.729 bits per heavy atom. The summed E-state index contributed by atoms with van der Waals surface area (Å²) in [5, 5.41) is 0.0537. The summed E-state index contributed by atoms with van der Waals surface area (Å²) in [5.41, 5.74) is 2.36. The van der Waals surface area contributed by atoms with Crippen LogP contribution in [0.25, 0.3) is 57.9 Å². The number of carbonyl (C=O) groups excluding carboxylic acids is 1. The van der Waals surface area contributed by atoms with Gasteiger partial charge in [0.25, 0.3) is 0 Å². The van der Waals surface area contributed by atoms with E-state index in [2.05, 4.69) is 63.8 Å². The molecule has 16 nitrogen and oxygen atoms in total. The second-order valence-electron chi connectivity index (χ2n) is 13.2. The number of nitrogens with zero attached hydrogens (tertiary/aromatic N) is 6. The fourth-order valence-electron chi connectivity index (χ4n) is 4.51. The molecule has 7 heterocycles. The van der Waals surface area contributed by atoms with Gasteiger partial charge in [-0.25, -0.2) is 34.7 Å². The van der Waals surface area contributed by atoms with E-state index in [1.54, 1.807) is 20.1 Å². The fraction of sp³-hybridized carbons (Fsp3) is 0.387. The molecule has 0 saturated carbocycles. The maximum absolute atomic E-state index is 12.5. The van der Waals surface area contributed by atoms with Crippen molar-refractivity contribution in [2.24, 2.45) is 0 Å². The molecule has 7 rings (SSSR count). The molecule has 0 aliphatic carbocycles. The summed E-state index contributed by atoms with van der Waals surface area (Å²) >= 11 is 0. The smallest absolute Gasteiger partial charge is 0.360 e. The predicted molar refractivity (Wildman–Crippen MR) is 166 cm³/mol. The van der Waals surface area contributed by atoms with Crippen LogP contribution in [0.3, 0.4) is 0 Å². The van der Waals surface area contributed by atoms with Gasteiger partial charge in [-0.05, 0) is 18.9 Å². The van der Waals surface area contributed by atoms with Crippen LogP contribution in [0, 0.1) is 0 Å². The molecule has 1 aliphatic heterocycles. The maximum Gasteiger partial charge on any atom is 0.360 e. The van der Waals surface area contributed by atoms with Crippen molar-refractivity contribution in [3.63, 3.8) is 0 Å². The molecule has 1 fully saturated rings. The van der Waals surface area contributed by atoms with Crippen LogP contribution in [0.2, 0.25) is 18.1 Å². The number of aromatic nitrogens is 6. The number of rotatable bonds is 9. The van der Waals surface area contributed by atoms with Crippen LogP contribution in [-0.2, 0) is 14.2 Å². The summed E-state index contributed by atoms with van der Waals surface area (Å²) in [6.45, 7) is 14.9. The minimum atomic E-state index is -1.97. The average Bonchev–Trinajstić information content (AvgIpc) is 3.88. The van der Waals surface area contributed by atoms with Crippen LogP contribution in [-0.4, -0.2) is 69.1 Å². The zero-order chi connectivity index (χ0) is 33.8. The van der Waals surface area contributed by atoms with Crippen LogP contribution < -0.4 is 5.51 Å². The highest BCUT2D eigenvalue weighted by atomic mass is 28.3. The SMILES string of the molecule is CC1(C)OCC(COC(=O)c2coc(-c3coc(-c4coc(-c5coc(-c6coc(-c7coc([Si](C)(C)C(C)(C)C)n7)n6)n5)n4)n3)n2)O1. The van der Waals surface area contributed by atoms with Crippen LogP contribution >= 0.6 is 0 Å². The normalized spacial score (nSPS) is 16.5. The summed E-state index contributed by atoms with van der Waals surface area (Å²) in [5.74, 6) is -0.591. The van der Waals surface area contributed by atoms with Gasteiger partial charge in [-0.15, -0.1) is 0 Å². The standard InChI is InChI=1S/C31H32N6O10Si/c1-30(2,3)48(6,7)29-37-21(14-45-29)27-35-19(12-42-27)25-33-17(10-40-25)23-32-18(11-39-23)24-34-20(13-41-24)26-36-22(15-43-26)28(38)44-8-16-9-46-31(4,5)47-16/h10-16H,8-9H2,1-7H3. The quantitative estimate of drug-likeness (QED) is 0.128. The van der Waals surface area contributed by atoms with Crippen molar-refractivity contribution in [3.05, 3.63) is 43.3 Å². The highest BCUT2D eigenvalue weighted by Gasteiger charge is 2.42. The van der Waals surface area contributed by atoms with Gasteiger partial charge in [0.05, 0.1) is 6.61 Å². The fourth-order valence-corrected chi connectivity index (χ4v) is 5.91. The van der Waals surface area contributed by atoms with Crippen molar-refractivity contribution in [2.45, 2.75) is 64.6 Å². The Morgan fingerprint density at radius 3 is 1.62 bits per heavy atom. The summed E-state index contributed by atoms with van der Waals surface area (Å²) in [7, 11) is -1.97. The number of esters is 1.